The largest absolute Gasteiger partial charge is 0.486 e. The highest BCUT2D eigenvalue weighted by Gasteiger charge is 2.22. The van der Waals surface area contributed by atoms with Crippen molar-refractivity contribution in [3.05, 3.63) is 64.1 Å². The second-order valence-corrected chi connectivity index (χ2v) is 7.81. The monoisotopic (exact) mass is 440 g/mol. The third-order valence-corrected chi connectivity index (χ3v) is 5.26. The third kappa shape index (κ3) is 4.95. The maximum atomic E-state index is 12.7. The fourth-order valence-electron chi connectivity index (χ4n) is 2.88. The van der Waals surface area contributed by atoms with Gasteiger partial charge in [0.25, 0.3) is 5.91 Å². The molecule has 1 aliphatic heterocycles. The number of nitrogens with zero attached hydrogens (tertiary/aromatic N) is 1. The van der Waals surface area contributed by atoms with Gasteiger partial charge in [-0.25, -0.2) is 9.78 Å². The number of carbonyl (C=O) groups is 2. The number of aromatic nitrogens is 1. The summed E-state index contributed by atoms with van der Waals surface area (Å²) in [4.78, 5) is 29.5. The predicted molar refractivity (Wildman–Crippen MR) is 114 cm³/mol. The molecule has 9 heteroatoms. The molecule has 0 spiro atoms. The van der Waals surface area contributed by atoms with E-state index in [0.29, 0.717) is 22.9 Å². The van der Waals surface area contributed by atoms with Crippen LogP contribution in [0, 0.1) is 6.92 Å². The molecule has 31 heavy (non-hydrogen) atoms. The molecule has 1 aliphatic rings. The molecule has 0 fully saturated rings. The van der Waals surface area contributed by atoms with Crippen LogP contribution in [0.2, 0.25) is 0 Å². The number of thiazole rings is 1. The zero-order valence-electron chi connectivity index (χ0n) is 16.9. The Hall–Kier alpha value is -3.59. The van der Waals surface area contributed by atoms with Gasteiger partial charge in [0, 0.05) is 17.1 Å². The number of para-hydroxylation sites is 1. The lowest BCUT2D eigenvalue weighted by Gasteiger charge is -2.15. The summed E-state index contributed by atoms with van der Waals surface area (Å²) in [6.45, 7) is 3.79. The molecule has 1 aromatic heterocycles. The summed E-state index contributed by atoms with van der Waals surface area (Å²) >= 11 is 1.53. The fraction of sp³-hybridized carbons (Fsp3) is 0.227. The minimum atomic E-state index is -1.02. The summed E-state index contributed by atoms with van der Waals surface area (Å²) in [5.74, 6) is 0.397. The molecule has 0 saturated carbocycles. The Balaban J connectivity index is 1.37. The normalized spacial score (nSPS) is 12.8. The van der Waals surface area contributed by atoms with Gasteiger partial charge in [-0.1, -0.05) is 12.1 Å². The van der Waals surface area contributed by atoms with E-state index in [1.165, 1.54) is 18.3 Å². The molecule has 0 aliphatic carbocycles. The average Bonchev–Trinajstić information content (AvgIpc) is 3.40. The number of anilines is 1. The first-order valence-electron chi connectivity index (χ1n) is 9.54. The van der Waals surface area contributed by atoms with Crippen molar-refractivity contribution in [1.29, 1.82) is 0 Å². The number of fused-ring (bicyclic) bond motifs is 1. The van der Waals surface area contributed by atoms with Crippen LogP contribution in [0.1, 0.15) is 28.0 Å². The first-order valence-corrected chi connectivity index (χ1v) is 10.4. The zero-order valence-corrected chi connectivity index (χ0v) is 17.7. The van der Waals surface area contributed by atoms with Gasteiger partial charge in [0.15, 0.2) is 17.6 Å². The molecule has 1 amide bonds. The second kappa shape index (κ2) is 9.05. The molecule has 0 radical (unpaired) electrons. The molecule has 0 bridgehead atoms. The van der Waals surface area contributed by atoms with Gasteiger partial charge in [-0.2, -0.15) is 0 Å². The van der Waals surface area contributed by atoms with Crippen LogP contribution in [-0.4, -0.2) is 29.8 Å². The van der Waals surface area contributed by atoms with E-state index in [4.69, 9.17) is 18.9 Å². The molecule has 1 atom stereocenters. The fourth-order valence-corrected chi connectivity index (χ4v) is 3.48. The van der Waals surface area contributed by atoms with Gasteiger partial charge in [-0.3, -0.25) is 4.79 Å². The lowest BCUT2D eigenvalue weighted by Crippen LogP contribution is -2.30. The van der Waals surface area contributed by atoms with Crippen molar-refractivity contribution in [2.24, 2.45) is 0 Å². The topological polar surface area (TPSA) is 96.0 Å². The number of ether oxygens (including phenoxy) is 4. The number of hydrogen-bond acceptors (Lipinski definition) is 8. The SMILES string of the molecule is Cc1nc(COc2ccccc2C(=O)O[C@@H](C)C(=O)Nc2ccc3c(c2)OCO3)cs1. The van der Waals surface area contributed by atoms with Crippen LogP contribution in [0.15, 0.2) is 47.8 Å². The highest BCUT2D eigenvalue weighted by Crippen LogP contribution is 2.34. The molecule has 8 nitrogen and oxygen atoms in total. The van der Waals surface area contributed by atoms with Crippen molar-refractivity contribution in [1.82, 2.24) is 4.98 Å². The number of nitrogens with one attached hydrogen (secondary N) is 1. The number of rotatable bonds is 7. The van der Waals surface area contributed by atoms with Gasteiger partial charge in [0.05, 0.1) is 10.7 Å². The van der Waals surface area contributed by atoms with Gasteiger partial charge in [-0.05, 0) is 38.1 Å². The summed E-state index contributed by atoms with van der Waals surface area (Å²) in [5, 5.41) is 5.54. The average molecular weight is 440 g/mol. The number of benzene rings is 2. The van der Waals surface area contributed by atoms with Crippen molar-refractivity contribution < 1.29 is 28.5 Å². The van der Waals surface area contributed by atoms with E-state index < -0.39 is 18.0 Å². The van der Waals surface area contributed by atoms with Crippen LogP contribution >= 0.6 is 11.3 Å². The molecule has 0 unspecified atom stereocenters. The predicted octanol–water partition coefficient (Wildman–Crippen LogP) is 3.94. The molecule has 1 N–H and O–H groups in total. The molecule has 4 rings (SSSR count). The van der Waals surface area contributed by atoms with Crippen LogP contribution in [0.3, 0.4) is 0 Å². The zero-order chi connectivity index (χ0) is 21.8. The van der Waals surface area contributed by atoms with E-state index in [-0.39, 0.29) is 19.0 Å². The third-order valence-electron chi connectivity index (χ3n) is 4.44. The lowest BCUT2D eigenvalue weighted by molar-refractivity contribution is -0.123. The van der Waals surface area contributed by atoms with Crippen LogP contribution in [0.5, 0.6) is 17.2 Å². The number of carbonyl (C=O) groups excluding carboxylic acids is 2. The number of aryl methyl sites for hydroxylation is 1. The van der Waals surface area contributed by atoms with Crippen LogP contribution < -0.4 is 19.5 Å². The van der Waals surface area contributed by atoms with Crippen LogP contribution in [-0.2, 0) is 16.1 Å². The van der Waals surface area contributed by atoms with Crippen LogP contribution in [0.25, 0.3) is 0 Å². The molecular weight excluding hydrogens is 420 g/mol. The minimum Gasteiger partial charge on any atom is -0.486 e. The van der Waals surface area contributed by atoms with Crippen LogP contribution in [0.4, 0.5) is 5.69 Å². The van der Waals surface area contributed by atoms with Gasteiger partial charge >= 0.3 is 5.97 Å². The Morgan fingerprint density at radius 2 is 2.00 bits per heavy atom. The minimum absolute atomic E-state index is 0.143. The van der Waals surface area contributed by atoms with Gasteiger partial charge in [-0.15, -0.1) is 11.3 Å². The smallest absolute Gasteiger partial charge is 0.342 e. The van der Waals surface area contributed by atoms with Gasteiger partial charge in [0.2, 0.25) is 6.79 Å². The first kappa shape index (κ1) is 20.7. The van der Waals surface area contributed by atoms with E-state index in [1.54, 1.807) is 42.5 Å². The molecule has 2 aromatic carbocycles. The lowest BCUT2D eigenvalue weighted by atomic mass is 10.2. The highest BCUT2D eigenvalue weighted by molar-refractivity contribution is 7.09. The molecule has 0 saturated heterocycles. The molecule has 3 aromatic rings. The van der Waals surface area contributed by atoms with Crippen molar-refractivity contribution in [2.45, 2.75) is 26.6 Å². The Kier molecular flexibility index (Phi) is 6.03. The van der Waals surface area contributed by atoms with E-state index in [0.717, 1.165) is 10.7 Å². The highest BCUT2D eigenvalue weighted by atomic mass is 32.1. The molecular formula is C22H20N2O6S. The first-order chi connectivity index (χ1) is 15.0. The summed E-state index contributed by atoms with van der Waals surface area (Å²) in [5.41, 5.74) is 1.53. The Morgan fingerprint density at radius 3 is 2.81 bits per heavy atom. The second-order valence-electron chi connectivity index (χ2n) is 6.75. The van der Waals surface area contributed by atoms with E-state index >= 15 is 0 Å². The van der Waals surface area contributed by atoms with E-state index in [2.05, 4.69) is 10.3 Å². The van der Waals surface area contributed by atoms with E-state index in [1.807, 2.05) is 12.3 Å². The summed E-state index contributed by atoms with van der Waals surface area (Å²) in [6.07, 6.45) is -1.02. The van der Waals surface area contributed by atoms with Crippen molar-refractivity contribution in [2.75, 3.05) is 12.1 Å². The number of esters is 1. The van der Waals surface area contributed by atoms with Gasteiger partial charge < -0.3 is 24.3 Å². The Morgan fingerprint density at radius 1 is 1.19 bits per heavy atom. The van der Waals surface area contributed by atoms with Crippen molar-refractivity contribution in [3.63, 3.8) is 0 Å². The summed E-state index contributed by atoms with van der Waals surface area (Å²) in [6, 6.07) is 11.8. The quantitative estimate of drug-likeness (QED) is 0.556. The maximum Gasteiger partial charge on any atom is 0.342 e. The number of hydrogen-bond donors (Lipinski definition) is 1. The standard InChI is InChI=1S/C22H20N2O6S/c1-13(21(25)24-15-7-8-19-20(9-15)29-12-28-19)30-22(26)17-5-3-4-6-18(17)27-10-16-11-31-14(2)23-16/h3-9,11,13H,10,12H2,1-2H3,(H,24,25)/t13-/m0/s1. The Labute approximate surface area is 182 Å². The number of amides is 1. The van der Waals surface area contributed by atoms with Gasteiger partial charge in [0.1, 0.15) is 17.9 Å². The van der Waals surface area contributed by atoms with Crippen molar-refractivity contribution in [3.8, 4) is 17.2 Å². The molecule has 2 heterocycles. The summed E-state index contributed by atoms with van der Waals surface area (Å²) in [7, 11) is 0. The summed E-state index contributed by atoms with van der Waals surface area (Å²) < 4.78 is 21.7. The molecule has 160 valence electrons. The van der Waals surface area contributed by atoms with E-state index in [9.17, 15) is 9.59 Å². The van der Waals surface area contributed by atoms with Crippen molar-refractivity contribution >= 4 is 28.9 Å². The Bertz CT molecular complexity index is 1110. The maximum absolute atomic E-state index is 12.7.